The van der Waals surface area contributed by atoms with Crippen LogP contribution in [0, 0.1) is 6.92 Å². The summed E-state index contributed by atoms with van der Waals surface area (Å²) in [5.74, 6) is 3.51. The van der Waals surface area contributed by atoms with Crippen molar-refractivity contribution in [1.29, 1.82) is 0 Å². The molecule has 1 aromatic carbocycles. The summed E-state index contributed by atoms with van der Waals surface area (Å²) in [5.41, 5.74) is 1.09. The van der Waals surface area contributed by atoms with Crippen LogP contribution in [0.15, 0.2) is 29.3 Å². The summed E-state index contributed by atoms with van der Waals surface area (Å²) < 4.78 is 7.16. The number of likely N-dealkylation sites (tertiary alicyclic amines) is 1. The molecule has 0 spiro atoms. The second-order valence-electron chi connectivity index (χ2n) is 7.35. The second-order valence-corrected chi connectivity index (χ2v) is 7.35. The molecule has 0 unspecified atom stereocenters. The number of carbonyl (C=O) groups is 1. The van der Waals surface area contributed by atoms with Gasteiger partial charge in [-0.05, 0) is 37.5 Å². The zero-order valence-corrected chi connectivity index (χ0v) is 18.0. The Labute approximate surface area is 177 Å². The number of ether oxygens (including phenoxy) is 1. The molecule has 1 amide bonds. The maximum Gasteiger partial charge on any atom is 0.222 e. The predicted octanol–water partition coefficient (Wildman–Crippen LogP) is 1.38. The largest absolute Gasteiger partial charge is 0.497 e. The van der Waals surface area contributed by atoms with Crippen LogP contribution in [-0.4, -0.2) is 58.3 Å². The third-order valence-corrected chi connectivity index (χ3v) is 5.24. The number of benzene rings is 1. The van der Waals surface area contributed by atoms with E-state index in [0.717, 1.165) is 55.4 Å². The Morgan fingerprint density at radius 1 is 1.23 bits per heavy atom. The molecule has 9 heteroatoms. The van der Waals surface area contributed by atoms with Crippen molar-refractivity contribution in [3.63, 3.8) is 0 Å². The van der Waals surface area contributed by atoms with Crippen LogP contribution in [0.3, 0.4) is 0 Å². The van der Waals surface area contributed by atoms with Crippen molar-refractivity contribution in [2.75, 3.05) is 26.7 Å². The quantitative estimate of drug-likeness (QED) is 0.366. The highest BCUT2D eigenvalue weighted by Gasteiger charge is 2.19. The van der Waals surface area contributed by atoms with E-state index in [1.165, 1.54) is 0 Å². The number of aryl methyl sites for hydroxylation is 1. The van der Waals surface area contributed by atoms with Gasteiger partial charge in [-0.1, -0.05) is 12.1 Å². The Morgan fingerprint density at radius 2 is 2.03 bits per heavy atom. The van der Waals surface area contributed by atoms with E-state index >= 15 is 0 Å². The minimum Gasteiger partial charge on any atom is -0.497 e. The average Bonchev–Trinajstić information content (AvgIpc) is 3.32. The van der Waals surface area contributed by atoms with Gasteiger partial charge in [-0.25, -0.2) is 4.99 Å². The first-order chi connectivity index (χ1) is 14.6. The molecule has 30 heavy (non-hydrogen) atoms. The summed E-state index contributed by atoms with van der Waals surface area (Å²) in [6.45, 7) is 5.38. The summed E-state index contributed by atoms with van der Waals surface area (Å²) in [7, 11) is 3.60. The zero-order valence-electron chi connectivity index (χ0n) is 18.0. The van der Waals surface area contributed by atoms with Gasteiger partial charge in [0.1, 0.15) is 11.6 Å². The maximum atomic E-state index is 11.7. The topological polar surface area (TPSA) is 96.7 Å². The molecular weight excluding hydrogens is 382 g/mol. The lowest BCUT2D eigenvalue weighted by atomic mass is 10.2. The smallest absolute Gasteiger partial charge is 0.222 e. The Morgan fingerprint density at radius 3 is 2.67 bits per heavy atom. The van der Waals surface area contributed by atoms with Gasteiger partial charge >= 0.3 is 0 Å². The highest BCUT2D eigenvalue weighted by Crippen LogP contribution is 2.12. The van der Waals surface area contributed by atoms with Gasteiger partial charge in [-0.2, -0.15) is 0 Å². The minimum absolute atomic E-state index is 0.263. The van der Waals surface area contributed by atoms with Gasteiger partial charge in [0.15, 0.2) is 11.8 Å². The van der Waals surface area contributed by atoms with Crippen LogP contribution >= 0.6 is 0 Å². The van der Waals surface area contributed by atoms with E-state index in [1.807, 2.05) is 47.7 Å². The molecule has 0 atom stereocenters. The second kappa shape index (κ2) is 10.6. The highest BCUT2D eigenvalue weighted by molar-refractivity contribution is 5.79. The molecule has 0 radical (unpaired) electrons. The first-order valence-corrected chi connectivity index (χ1v) is 10.3. The predicted molar refractivity (Wildman–Crippen MR) is 115 cm³/mol. The molecule has 2 aromatic rings. The number of aliphatic imine (C=N–C) groups is 1. The van der Waals surface area contributed by atoms with E-state index in [2.05, 4.69) is 20.8 Å². The lowest BCUT2D eigenvalue weighted by Gasteiger charge is -2.17. The number of guanidine groups is 1. The van der Waals surface area contributed by atoms with Crippen molar-refractivity contribution >= 4 is 11.9 Å². The Kier molecular flexibility index (Phi) is 7.64. The van der Waals surface area contributed by atoms with Gasteiger partial charge in [0.05, 0.1) is 20.2 Å². The molecular formula is C21H31N7O2. The summed E-state index contributed by atoms with van der Waals surface area (Å²) in [5, 5.41) is 15.0. The molecule has 1 aliphatic heterocycles. The Hall–Kier alpha value is -3.10. The Bertz CT molecular complexity index is 861. The van der Waals surface area contributed by atoms with Gasteiger partial charge in [0, 0.05) is 33.1 Å². The van der Waals surface area contributed by atoms with Crippen LogP contribution in [0.5, 0.6) is 5.75 Å². The number of hydrogen-bond donors (Lipinski definition) is 2. The fourth-order valence-electron chi connectivity index (χ4n) is 3.26. The minimum atomic E-state index is 0.263. The van der Waals surface area contributed by atoms with Gasteiger partial charge in [-0.3, -0.25) is 4.79 Å². The van der Waals surface area contributed by atoms with E-state index in [-0.39, 0.29) is 5.91 Å². The highest BCUT2D eigenvalue weighted by atomic mass is 16.5. The lowest BCUT2D eigenvalue weighted by Crippen LogP contribution is -2.39. The zero-order chi connectivity index (χ0) is 21.3. The van der Waals surface area contributed by atoms with Crippen molar-refractivity contribution in [3.05, 3.63) is 41.5 Å². The summed E-state index contributed by atoms with van der Waals surface area (Å²) >= 11 is 0. The van der Waals surface area contributed by atoms with Crippen molar-refractivity contribution in [3.8, 4) is 5.75 Å². The number of nitrogens with zero attached hydrogens (tertiary/aromatic N) is 5. The van der Waals surface area contributed by atoms with Crippen molar-refractivity contribution in [2.24, 2.45) is 12.0 Å². The van der Waals surface area contributed by atoms with E-state index in [4.69, 9.17) is 9.73 Å². The molecule has 2 heterocycles. The molecule has 2 N–H and O–H groups in total. The van der Waals surface area contributed by atoms with Crippen molar-refractivity contribution < 1.29 is 9.53 Å². The Balaban J connectivity index is 1.56. The normalized spacial score (nSPS) is 14.3. The molecule has 162 valence electrons. The number of methoxy groups -OCH3 is 1. The molecule has 1 aromatic heterocycles. The van der Waals surface area contributed by atoms with E-state index in [9.17, 15) is 4.79 Å². The fourth-order valence-corrected chi connectivity index (χ4v) is 3.26. The number of aromatic nitrogens is 3. The molecule has 0 saturated carbocycles. The van der Waals surface area contributed by atoms with Crippen LogP contribution < -0.4 is 15.4 Å². The number of rotatable bonds is 9. The number of hydrogen-bond acceptors (Lipinski definition) is 5. The van der Waals surface area contributed by atoms with Crippen LogP contribution in [0.25, 0.3) is 0 Å². The fraction of sp³-hybridized carbons (Fsp3) is 0.524. The number of nitrogens with one attached hydrogen (secondary N) is 2. The first kappa shape index (κ1) is 21.6. The molecule has 0 bridgehead atoms. The van der Waals surface area contributed by atoms with Gasteiger partial charge in [0.25, 0.3) is 0 Å². The van der Waals surface area contributed by atoms with Crippen LogP contribution in [-0.2, 0) is 24.9 Å². The maximum absolute atomic E-state index is 11.7. The molecule has 3 rings (SSSR count). The van der Waals surface area contributed by atoms with E-state index in [0.29, 0.717) is 25.5 Å². The van der Waals surface area contributed by atoms with Gasteiger partial charge in [-0.15, -0.1) is 10.2 Å². The standard InChI is InChI=1S/C21H31N7O2/c1-16-25-26-19(27(16)2)15-24-21(22-11-5-13-28-12-4-6-20(28)29)23-14-17-7-9-18(30-3)10-8-17/h7-10H,4-6,11-15H2,1-3H3,(H2,22,23,24). The van der Waals surface area contributed by atoms with Gasteiger partial charge < -0.3 is 24.8 Å². The average molecular weight is 414 g/mol. The number of carbonyl (C=O) groups excluding carboxylic acids is 1. The van der Waals surface area contributed by atoms with Crippen molar-refractivity contribution in [2.45, 2.75) is 39.3 Å². The monoisotopic (exact) mass is 413 g/mol. The molecule has 1 saturated heterocycles. The van der Waals surface area contributed by atoms with Crippen molar-refractivity contribution in [1.82, 2.24) is 30.3 Å². The van der Waals surface area contributed by atoms with Crippen LogP contribution in [0.2, 0.25) is 0 Å². The van der Waals surface area contributed by atoms with Gasteiger partial charge in [0.2, 0.25) is 5.91 Å². The van der Waals surface area contributed by atoms with E-state index < -0.39 is 0 Å². The summed E-state index contributed by atoms with van der Waals surface area (Å²) in [6.07, 6.45) is 2.53. The van der Waals surface area contributed by atoms with Crippen LogP contribution in [0.4, 0.5) is 0 Å². The third-order valence-electron chi connectivity index (χ3n) is 5.24. The molecule has 0 aliphatic carbocycles. The molecule has 1 aliphatic rings. The first-order valence-electron chi connectivity index (χ1n) is 10.3. The van der Waals surface area contributed by atoms with Crippen LogP contribution in [0.1, 0.15) is 36.5 Å². The molecule has 9 nitrogen and oxygen atoms in total. The SMILES string of the molecule is COc1ccc(CN=C(NCCCN2CCCC2=O)NCc2nnc(C)n2C)cc1. The number of amides is 1. The lowest BCUT2D eigenvalue weighted by molar-refractivity contribution is -0.127. The summed E-state index contributed by atoms with van der Waals surface area (Å²) in [6, 6.07) is 7.87. The molecule has 1 fully saturated rings. The summed E-state index contributed by atoms with van der Waals surface area (Å²) in [4.78, 5) is 18.4. The van der Waals surface area contributed by atoms with E-state index in [1.54, 1.807) is 7.11 Å². The third kappa shape index (κ3) is 5.95.